The van der Waals surface area contributed by atoms with Crippen LogP contribution in [0.5, 0.6) is 0 Å². The number of unbranched alkanes of at least 4 members (excludes halogenated alkanes) is 3. The first-order valence-electron chi connectivity index (χ1n) is 9.13. The van der Waals surface area contributed by atoms with Gasteiger partial charge in [0.25, 0.3) is 0 Å². The number of rotatable bonds is 12. The highest BCUT2D eigenvalue weighted by Crippen LogP contribution is 2.43. The molecular weight excluding hydrogens is 327 g/mol. The fourth-order valence-corrected chi connectivity index (χ4v) is 2.56. The minimum Gasteiger partial charge on any atom is -0.346 e. The van der Waals surface area contributed by atoms with Gasteiger partial charge in [0.2, 0.25) is 0 Å². The van der Waals surface area contributed by atoms with Crippen molar-refractivity contribution in [1.82, 2.24) is 9.97 Å². The van der Waals surface area contributed by atoms with Gasteiger partial charge in [-0.05, 0) is 25.7 Å². The van der Waals surface area contributed by atoms with Gasteiger partial charge in [0.15, 0.2) is 0 Å². The maximum atomic E-state index is 11.1. The summed E-state index contributed by atoms with van der Waals surface area (Å²) >= 11 is 0. The molecule has 0 aliphatic heterocycles. The number of hydrogen-bond donors (Lipinski definition) is 2. The number of aromatic nitrogens is 2. The van der Waals surface area contributed by atoms with Crippen molar-refractivity contribution in [3.8, 4) is 0 Å². The zero-order chi connectivity index (χ0) is 18.3. The first-order valence-corrected chi connectivity index (χ1v) is 10.6. The largest absolute Gasteiger partial charge is 0.472 e. The number of imidazole rings is 1. The molecule has 7 heteroatoms. The summed E-state index contributed by atoms with van der Waals surface area (Å²) in [4.78, 5) is 16.6. The summed E-state index contributed by atoms with van der Waals surface area (Å²) in [6.07, 6.45) is 10.0. The number of phosphoric ester groups is 1. The van der Waals surface area contributed by atoms with Crippen molar-refractivity contribution in [3.05, 3.63) is 17.7 Å². The molecule has 6 nitrogen and oxygen atoms in total. The number of hydrogen-bond acceptors (Lipinski definition) is 4. The summed E-state index contributed by atoms with van der Waals surface area (Å²) in [5.74, 6) is 1.11. The maximum Gasteiger partial charge on any atom is 0.472 e. The van der Waals surface area contributed by atoms with Crippen LogP contribution in [-0.4, -0.2) is 28.1 Å². The highest BCUT2D eigenvalue weighted by Gasteiger charge is 2.19. The SMILES string of the molecule is CCCCOP(=O)(O)OCCCC.CCCCc1cnc(CC)[nH]1. The van der Waals surface area contributed by atoms with Crippen LogP contribution >= 0.6 is 7.82 Å². The predicted molar refractivity (Wildman–Crippen MR) is 98.1 cm³/mol. The van der Waals surface area contributed by atoms with Gasteiger partial charge in [-0.2, -0.15) is 0 Å². The molecule has 142 valence electrons. The molecular formula is C17H35N2O4P. The quantitative estimate of drug-likeness (QED) is 0.402. The van der Waals surface area contributed by atoms with E-state index in [2.05, 4.69) is 23.8 Å². The van der Waals surface area contributed by atoms with Gasteiger partial charge in [-0.15, -0.1) is 0 Å². The molecule has 1 aromatic heterocycles. The molecule has 0 amide bonds. The Morgan fingerprint density at radius 3 is 2.00 bits per heavy atom. The summed E-state index contributed by atoms with van der Waals surface area (Å²) in [5.41, 5.74) is 1.28. The van der Waals surface area contributed by atoms with Crippen molar-refractivity contribution >= 4 is 7.82 Å². The van der Waals surface area contributed by atoms with Crippen molar-refractivity contribution in [2.45, 2.75) is 79.1 Å². The zero-order valence-corrected chi connectivity index (χ0v) is 16.6. The highest BCUT2D eigenvalue weighted by atomic mass is 31.2. The van der Waals surface area contributed by atoms with E-state index in [-0.39, 0.29) is 13.2 Å². The summed E-state index contributed by atoms with van der Waals surface area (Å²) in [6, 6.07) is 0. The van der Waals surface area contributed by atoms with Crippen LogP contribution in [0.15, 0.2) is 6.20 Å². The van der Waals surface area contributed by atoms with E-state index in [1.807, 2.05) is 20.0 Å². The smallest absolute Gasteiger partial charge is 0.346 e. The van der Waals surface area contributed by atoms with Crippen molar-refractivity contribution in [3.63, 3.8) is 0 Å². The van der Waals surface area contributed by atoms with Crippen molar-refractivity contribution in [1.29, 1.82) is 0 Å². The first kappa shape index (κ1) is 23.3. The minimum atomic E-state index is -3.75. The number of H-pyrrole nitrogens is 1. The molecule has 0 radical (unpaired) electrons. The van der Waals surface area contributed by atoms with Crippen LogP contribution in [0.2, 0.25) is 0 Å². The predicted octanol–water partition coefficient (Wildman–Crippen LogP) is 5.03. The molecule has 1 aromatic rings. The third kappa shape index (κ3) is 12.7. The Hall–Kier alpha value is -0.680. The van der Waals surface area contributed by atoms with Gasteiger partial charge in [0, 0.05) is 18.3 Å². The Balaban J connectivity index is 0.000000446. The molecule has 0 spiro atoms. The molecule has 0 aliphatic rings. The third-order valence-electron chi connectivity index (χ3n) is 3.32. The molecule has 0 fully saturated rings. The highest BCUT2D eigenvalue weighted by molar-refractivity contribution is 7.47. The van der Waals surface area contributed by atoms with Crippen LogP contribution in [0.4, 0.5) is 0 Å². The second-order valence-electron chi connectivity index (χ2n) is 5.65. The lowest BCUT2D eigenvalue weighted by molar-refractivity contribution is 0.146. The Morgan fingerprint density at radius 2 is 1.58 bits per heavy atom. The summed E-state index contributed by atoms with van der Waals surface area (Å²) in [6.45, 7) is 8.87. The standard InChI is InChI=1S/C9H16N2.C8H19O4P/c1-3-5-6-8-7-10-9(4-2)11-8;1-3-5-7-11-13(9,10)12-8-6-4-2/h7H,3-6H2,1-2H3,(H,10,11);3-8H2,1-2H3,(H,9,10). The number of aromatic amines is 1. The van der Waals surface area contributed by atoms with Gasteiger partial charge >= 0.3 is 7.82 Å². The van der Waals surface area contributed by atoms with E-state index in [9.17, 15) is 4.57 Å². The molecule has 24 heavy (non-hydrogen) atoms. The van der Waals surface area contributed by atoms with Crippen molar-refractivity contribution < 1.29 is 18.5 Å². The van der Waals surface area contributed by atoms with Crippen LogP contribution in [0.1, 0.15) is 77.7 Å². The number of nitrogens with zero attached hydrogens (tertiary/aromatic N) is 1. The topological polar surface area (TPSA) is 84.4 Å². The summed E-state index contributed by atoms with van der Waals surface area (Å²) in [7, 11) is -3.75. The van der Waals surface area contributed by atoms with E-state index in [1.165, 1.54) is 18.5 Å². The van der Waals surface area contributed by atoms with E-state index in [1.54, 1.807) is 0 Å². The van der Waals surface area contributed by atoms with E-state index in [0.29, 0.717) is 0 Å². The molecule has 1 heterocycles. The molecule has 0 atom stereocenters. The van der Waals surface area contributed by atoms with Gasteiger partial charge in [-0.1, -0.05) is 47.0 Å². The monoisotopic (exact) mass is 362 g/mol. The van der Waals surface area contributed by atoms with E-state index in [0.717, 1.165) is 44.3 Å². The molecule has 0 saturated carbocycles. The first-order chi connectivity index (χ1) is 11.5. The van der Waals surface area contributed by atoms with E-state index in [4.69, 9.17) is 13.9 Å². The van der Waals surface area contributed by atoms with Gasteiger partial charge < -0.3 is 9.88 Å². The number of aryl methyl sites for hydroxylation is 2. The van der Waals surface area contributed by atoms with Crippen LogP contribution < -0.4 is 0 Å². The lowest BCUT2D eigenvalue weighted by Gasteiger charge is -2.10. The van der Waals surface area contributed by atoms with Crippen LogP contribution in [0.3, 0.4) is 0 Å². The second kappa shape index (κ2) is 14.6. The molecule has 0 bridgehead atoms. The van der Waals surface area contributed by atoms with Gasteiger partial charge in [0.05, 0.1) is 13.2 Å². The van der Waals surface area contributed by atoms with Gasteiger partial charge in [-0.25, -0.2) is 9.55 Å². The molecule has 1 rings (SSSR count). The molecule has 0 aromatic carbocycles. The Kier molecular flexibility index (Phi) is 14.2. The van der Waals surface area contributed by atoms with E-state index < -0.39 is 7.82 Å². The van der Waals surface area contributed by atoms with Gasteiger partial charge in [0.1, 0.15) is 5.82 Å². The lowest BCUT2D eigenvalue weighted by atomic mass is 10.2. The minimum absolute atomic E-state index is 0.288. The second-order valence-corrected chi connectivity index (χ2v) is 7.11. The lowest BCUT2D eigenvalue weighted by Crippen LogP contribution is -1.98. The maximum absolute atomic E-state index is 11.1. The van der Waals surface area contributed by atoms with Crippen LogP contribution in [-0.2, 0) is 26.5 Å². The number of nitrogens with one attached hydrogen (secondary N) is 1. The molecule has 0 aliphatic carbocycles. The van der Waals surface area contributed by atoms with Crippen molar-refractivity contribution in [2.75, 3.05) is 13.2 Å². The number of phosphoric acid groups is 1. The molecule has 0 unspecified atom stereocenters. The average Bonchev–Trinajstić information content (AvgIpc) is 3.02. The Labute approximate surface area is 147 Å². The average molecular weight is 362 g/mol. The fourth-order valence-electron chi connectivity index (χ4n) is 1.77. The van der Waals surface area contributed by atoms with Crippen molar-refractivity contribution in [2.24, 2.45) is 0 Å². The molecule has 2 N–H and O–H groups in total. The Morgan fingerprint density at radius 1 is 1.04 bits per heavy atom. The van der Waals surface area contributed by atoms with E-state index >= 15 is 0 Å². The fraction of sp³-hybridized carbons (Fsp3) is 0.824. The van der Waals surface area contributed by atoms with Crippen LogP contribution in [0.25, 0.3) is 0 Å². The van der Waals surface area contributed by atoms with Crippen LogP contribution in [0, 0.1) is 0 Å². The third-order valence-corrected chi connectivity index (χ3v) is 4.34. The summed E-state index contributed by atoms with van der Waals surface area (Å²) < 4.78 is 20.5. The molecule has 0 saturated heterocycles. The zero-order valence-electron chi connectivity index (χ0n) is 15.7. The normalized spacial score (nSPS) is 11.2. The summed E-state index contributed by atoms with van der Waals surface area (Å²) in [5, 5.41) is 0. The Bertz CT molecular complexity index is 438. The van der Waals surface area contributed by atoms with Gasteiger partial charge in [-0.3, -0.25) is 9.05 Å².